The molecule has 3 heteroatoms. The molecular formula is C23H35NiOP. The van der Waals surface area contributed by atoms with E-state index in [1.54, 1.807) is 0 Å². The standard InChI is InChI=1S/C22H31OP.CH3.Ni/c1-21(2,3)24(22(4,5)6)20(18-15-11-8-12-16-18)19(23)17-13-9-7-10-14-17;;/h7-16,19-20,23H,1-6H3;1H3;/q;-1;/p+1. The smallest absolute Gasteiger partial charge is 0.123 e. The van der Waals surface area contributed by atoms with Crippen LogP contribution < -0.4 is 0 Å². The SMILES string of the molecule is CC(C)(C)[PH+](C(c1ccccc1)C(O)c1ccccc1)C(C)(C)C.[CH3-].[Ni]. The van der Waals surface area contributed by atoms with Gasteiger partial charge in [0.1, 0.15) is 11.8 Å². The molecule has 26 heavy (non-hydrogen) atoms. The summed E-state index contributed by atoms with van der Waals surface area (Å²) >= 11 is 0. The third kappa shape index (κ3) is 6.19. The van der Waals surface area contributed by atoms with E-state index in [9.17, 15) is 5.11 Å². The number of hydrogen-bond donors (Lipinski definition) is 1. The molecule has 0 amide bonds. The second-order valence-electron chi connectivity index (χ2n) is 8.66. The van der Waals surface area contributed by atoms with E-state index in [4.69, 9.17) is 0 Å². The van der Waals surface area contributed by atoms with E-state index in [1.165, 1.54) is 5.56 Å². The fourth-order valence-corrected chi connectivity index (χ4v) is 9.22. The Labute approximate surface area is 172 Å². The summed E-state index contributed by atoms with van der Waals surface area (Å²) in [7, 11) is -0.963. The number of aliphatic hydroxyl groups excluding tert-OH is 1. The predicted molar refractivity (Wildman–Crippen MR) is 115 cm³/mol. The average molecular weight is 417 g/mol. The van der Waals surface area contributed by atoms with Gasteiger partial charge in [-0.05, 0) is 52.7 Å². The predicted octanol–water partition coefficient (Wildman–Crippen LogP) is 6.72. The fourth-order valence-electron chi connectivity index (χ4n) is 4.07. The monoisotopic (exact) mass is 416 g/mol. The Balaban J connectivity index is 0.00000312. The Morgan fingerprint density at radius 3 is 1.38 bits per heavy atom. The van der Waals surface area contributed by atoms with Gasteiger partial charge in [-0.1, -0.05) is 60.7 Å². The number of hydrogen-bond acceptors (Lipinski definition) is 1. The maximum atomic E-state index is 11.4. The maximum Gasteiger partial charge on any atom is 0.123 e. The van der Waals surface area contributed by atoms with Gasteiger partial charge in [0.25, 0.3) is 0 Å². The Kier molecular flexibility index (Phi) is 9.77. The van der Waals surface area contributed by atoms with Crippen molar-refractivity contribution in [2.24, 2.45) is 0 Å². The first-order chi connectivity index (χ1) is 11.1. The van der Waals surface area contributed by atoms with E-state index in [-0.39, 0.29) is 39.9 Å². The molecule has 2 atom stereocenters. The molecule has 0 fully saturated rings. The minimum absolute atomic E-state index is 0. The molecule has 1 nitrogen and oxygen atoms in total. The zero-order valence-electron chi connectivity index (χ0n) is 17.2. The molecule has 0 aliphatic rings. The summed E-state index contributed by atoms with van der Waals surface area (Å²) in [4.78, 5) is 0. The summed E-state index contributed by atoms with van der Waals surface area (Å²) in [5.41, 5.74) is 2.42. The van der Waals surface area contributed by atoms with Crippen molar-refractivity contribution in [2.75, 3.05) is 0 Å². The van der Waals surface area contributed by atoms with Gasteiger partial charge >= 0.3 is 0 Å². The van der Waals surface area contributed by atoms with Crippen LogP contribution in [-0.4, -0.2) is 15.4 Å². The second-order valence-corrected chi connectivity index (χ2v) is 13.1. The molecular weight excluding hydrogens is 382 g/mol. The van der Waals surface area contributed by atoms with Crippen LogP contribution >= 0.6 is 7.92 Å². The van der Waals surface area contributed by atoms with Gasteiger partial charge in [0.2, 0.25) is 0 Å². The molecule has 0 spiro atoms. The molecule has 0 aromatic heterocycles. The van der Waals surface area contributed by atoms with Crippen molar-refractivity contribution in [3.8, 4) is 0 Å². The molecule has 0 radical (unpaired) electrons. The van der Waals surface area contributed by atoms with Crippen molar-refractivity contribution in [1.82, 2.24) is 0 Å². The molecule has 0 heterocycles. The van der Waals surface area contributed by atoms with Crippen LogP contribution in [0.1, 0.15) is 64.4 Å². The minimum Gasteiger partial charge on any atom is -0.384 e. The number of rotatable bonds is 4. The summed E-state index contributed by atoms with van der Waals surface area (Å²) in [6.45, 7) is 14.0. The first kappa shape index (κ1) is 25.3. The van der Waals surface area contributed by atoms with Gasteiger partial charge in [0, 0.05) is 24.4 Å². The fraction of sp³-hybridized carbons (Fsp3) is 0.435. The van der Waals surface area contributed by atoms with Crippen LogP contribution in [0.3, 0.4) is 0 Å². The topological polar surface area (TPSA) is 20.2 Å². The van der Waals surface area contributed by atoms with Crippen LogP contribution in [0, 0.1) is 7.43 Å². The summed E-state index contributed by atoms with van der Waals surface area (Å²) < 4.78 is 0. The summed E-state index contributed by atoms with van der Waals surface area (Å²) in [6.07, 6.45) is -0.471. The average Bonchev–Trinajstić information content (AvgIpc) is 2.51. The van der Waals surface area contributed by atoms with Gasteiger partial charge in [-0.3, -0.25) is 0 Å². The van der Waals surface area contributed by atoms with Crippen molar-refractivity contribution in [2.45, 2.75) is 63.6 Å². The molecule has 2 rings (SSSR count). The van der Waals surface area contributed by atoms with Crippen molar-refractivity contribution in [1.29, 1.82) is 0 Å². The quantitative estimate of drug-likeness (QED) is 0.333. The van der Waals surface area contributed by atoms with Gasteiger partial charge in [0.15, 0.2) is 0 Å². The molecule has 148 valence electrons. The Morgan fingerprint density at radius 2 is 1.04 bits per heavy atom. The van der Waals surface area contributed by atoms with Gasteiger partial charge in [-0.2, -0.15) is 0 Å². The summed E-state index contributed by atoms with van der Waals surface area (Å²) in [5.74, 6) is 0. The van der Waals surface area contributed by atoms with E-state index in [0.29, 0.717) is 0 Å². The Bertz CT molecular complexity index is 615. The van der Waals surface area contributed by atoms with Gasteiger partial charge in [0.05, 0.1) is 10.3 Å². The third-order valence-corrected chi connectivity index (χ3v) is 9.05. The van der Waals surface area contributed by atoms with E-state index in [2.05, 4.69) is 71.9 Å². The van der Waals surface area contributed by atoms with E-state index < -0.39 is 14.0 Å². The van der Waals surface area contributed by atoms with Gasteiger partial charge < -0.3 is 12.5 Å². The van der Waals surface area contributed by atoms with Gasteiger partial charge in [-0.15, -0.1) is 0 Å². The van der Waals surface area contributed by atoms with Crippen LogP contribution in [0.25, 0.3) is 0 Å². The molecule has 0 aliphatic heterocycles. The van der Waals surface area contributed by atoms with E-state index in [0.717, 1.165) is 5.56 Å². The molecule has 2 aromatic rings. The molecule has 0 bridgehead atoms. The van der Waals surface area contributed by atoms with Crippen LogP contribution in [0.5, 0.6) is 0 Å². The molecule has 1 N–H and O–H groups in total. The zero-order valence-corrected chi connectivity index (χ0v) is 19.2. The third-order valence-electron chi connectivity index (χ3n) is 4.54. The van der Waals surface area contributed by atoms with Crippen molar-refractivity contribution in [3.05, 3.63) is 79.2 Å². The summed E-state index contributed by atoms with van der Waals surface area (Å²) in [6, 6.07) is 20.7. The maximum absolute atomic E-state index is 11.4. The Morgan fingerprint density at radius 1 is 0.692 bits per heavy atom. The first-order valence-corrected chi connectivity index (χ1v) is 10.4. The van der Waals surface area contributed by atoms with E-state index >= 15 is 0 Å². The summed E-state index contributed by atoms with van der Waals surface area (Å²) in [5, 5.41) is 11.7. The molecule has 0 saturated carbocycles. The molecule has 2 aromatic carbocycles. The number of aliphatic hydroxyl groups is 1. The van der Waals surface area contributed by atoms with Crippen LogP contribution in [-0.2, 0) is 16.5 Å². The number of benzene rings is 2. The van der Waals surface area contributed by atoms with Crippen molar-refractivity contribution in [3.63, 3.8) is 0 Å². The second kappa shape index (κ2) is 10.0. The Hall–Kier alpha value is -0.676. The van der Waals surface area contributed by atoms with Gasteiger partial charge in [-0.25, -0.2) is 0 Å². The molecule has 0 aliphatic carbocycles. The first-order valence-electron chi connectivity index (χ1n) is 8.78. The van der Waals surface area contributed by atoms with Crippen molar-refractivity contribution < 1.29 is 21.6 Å². The normalized spacial score (nSPS) is 14.2. The van der Waals surface area contributed by atoms with E-state index in [1.807, 2.05) is 30.3 Å². The van der Waals surface area contributed by atoms with Crippen LogP contribution in [0.15, 0.2) is 60.7 Å². The molecule has 0 saturated heterocycles. The van der Waals surface area contributed by atoms with Crippen LogP contribution in [0.2, 0.25) is 0 Å². The molecule has 2 unspecified atom stereocenters. The van der Waals surface area contributed by atoms with Crippen LogP contribution in [0.4, 0.5) is 0 Å². The minimum atomic E-state index is -0.963. The zero-order chi connectivity index (χ0) is 18.0. The largest absolute Gasteiger partial charge is 0.384 e. The van der Waals surface area contributed by atoms with Crippen molar-refractivity contribution >= 4 is 7.92 Å².